The monoisotopic (exact) mass is 394 g/mol. The smallest absolute Gasteiger partial charge is 0.241 e. The van der Waals surface area contributed by atoms with E-state index in [2.05, 4.69) is 15.1 Å². The van der Waals surface area contributed by atoms with Crippen LogP contribution in [0.2, 0.25) is 5.02 Å². The van der Waals surface area contributed by atoms with Gasteiger partial charge in [0, 0.05) is 12.1 Å². The van der Waals surface area contributed by atoms with Gasteiger partial charge in [0.25, 0.3) is 0 Å². The first-order chi connectivity index (χ1) is 13.6. The maximum Gasteiger partial charge on any atom is 0.241 e. The average molecular weight is 395 g/mol. The molecule has 2 heterocycles. The zero-order chi connectivity index (χ0) is 19.5. The highest BCUT2D eigenvalue weighted by molar-refractivity contribution is 6.33. The number of aromatic nitrogens is 3. The van der Waals surface area contributed by atoms with Crippen molar-refractivity contribution in [2.75, 3.05) is 7.05 Å². The van der Waals surface area contributed by atoms with Crippen molar-refractivity contribution < 1.29 is 8.94 Å². The molecule has 2 aromatic heterocycles. The first-order valence-corrected chi connectivity index (χ1v) is 9.25. The molecule has 0 N–H and O–H groups in total. The lowest BCUT2D eigenvalue weighted by Crippen LogP contribution is -2.18. The van der Waals surface area contributed by atoms with Crippen LogP contribution in [-0.4, -0.2) is 27.1 Å². The van der Waals surface area contributed by atoms with E-state index in [9.17, 15) is 0 Å². The minimum Gasteiger partial charge on any atom is -0.441 e. The van der Waals surface area contributed by atoms with Crippen LogP contribution in [0.25, 0.3) is 22.8 Å². The van der Waals surface area contributed by atoms with Crippen molar-refractivity contribution in [2.45, 2.75) is 20.0 Å². The fourth-order valence-corrected chi connectivity index (χ4v) is 3.11. The molecule has 0 atom stereocenters. The molecule has 4 rings (SSSR count). The Morgan fingerprint density at radius 1 is 0.964 bits per heavy atom. The number of halogens is 1. The van der Waals surface area contributed by atoms with Crippen molar-refractivity contribution in [3.05, 3.63) is 77.0 Å². The van der Waals surface area contributed by atoms with Gasteiger partial charge in [-0.15, -0.1) is 0 Å². The van der Waals surface area contributed by atoms with Crippen molar-refractivity contribution in [3.8, 4) is 22.8 Å². The van der Waals surface area contributed by atoms with Crippen LogP contribution in [-0.2, 0) is 13.1 Å². The molecule has 7 heteroatoms. The first kappa shape index (κ1) is 18.4. The molecule has 4 aromatic rings. The van der Waals surface area contributed by atoms with E-state index in [4.69, 9.17) is 20.5 Å². The van der Waals surface area contributed by atoms with E-state index >= 15 is 0 Å². The van der Waals surface area contributed by atoms with E-state index in [0.29, 0.717) is 35.7 Å². The second-order valence-electron chi connectivity index (χ2n) is 6.55. The molecule has 2 aromatic carbocycles. The van der Waals surface area contributed by atoms with Crippen molar-refractivity contribution in [1.29, 1.82) is 0 Å². The maximum atomic E-state index is 6.25. The van der Waals surface area contributed by atoms with Crippen LogP contribution < -0.4 is 0 Å². The highest BCUT2D eigenvalue weighted by atomic mass is 35.5. The second-order valence-corrected chi connectivity index (χ2v) is 6.96. The van der Waals surface area contributed by atoms with Gasteiger partial charge in [0.2, 0.25) is 17.6 Å². The van der Waals surface area contributed by atoms with Crippen LogP contribution in [0.4, 0.5) is 0 Å². The summed E-state index contributed by atoms with van der Waals surface area (Å²) in [5, 5.41) is 4.67. The third-order valence-electron chi connectivity index (χ3n) is 4.32. The quantitative estimate of drug-likeness (QED) is 0.459. The molecule has 0 spiro atoms. The fourth-order valence-electron chi connectivity index (χ4n) is 2.89. The molecule has 0 radical (unpaired) electrons. The van der Waals surface area contributed by atoms with E-state index in [-0.39, 0.29) is 0 Å². The third-order valence-corrected chi connectivity index (χ3v) is 4.65. The van der Waals surface area contributed by atoms with Gasteiger partial charge in [-0.25, -0.2) is 4.98 Å². The molecule has 0 saturated heterocycles. The zero-order valence-corrected chi connectivity index (χ0v) is 16.3. The summed E-state index contributed by atoms with van der Waals surface area (Å²) < 4.78 is 11.2. The summed E-state index contributed by atoms with van der Waals surface area (Å²) in [5.41, 5.74) is 2.56. The lowest BCUT2D eigenvalue weighted by molar-refractivity contribution is 0.258. The van der Waals surface area contributed by atoms with Crippen LogP contribution in [0.15, 0.2) is 63.5 Å². The molecule has 0 bridgehead atoms. The van der Waals surface area contributed by atoms with Gasteiger partial charge in [-0.1, -0.05) is 59.2 Å². The van der Waals surface area contributed by atoms with Gasteiger partial charge < -0.3 is 8.94 Å². The summed E-state index contributed by atoms with van der Waals surface area (Å²) in [4.78, 5) is 11.1. The molecular formula is C21H19ClN4O2. The Labute approximate surface area is 167 Å². The van der Waals surface area contributed by atoms with Crippen LogP contribution in [0.3, 0.4) is 0 Å². The highest BCUT2D eigenvalue weighted by Gasteiger charge is 2.17. The molecule has 0 amide bonds. The Balaban J connectivity index is 1.45. The minimum atomic E-state index is 0.508. The average Bonchev–Trinajstić information content (AvgIpc) is 3.30. The molecule has 28 heavy (non-hydrogen) atoms. The van der Waals surface area contributed by atoms with E-state index in [0.717, 1.165) is 22.6 Å². The van der Waals surface area contributed by atoms with E-state index < -0.39 is 0 Å². The maximum absolute atomic E-state index is 6.25. The highest BCUT2D eigenvalue weighted by Crippen LogP contribution is 2.28. The van der Waals surface area contributed by atoms with Crippen molar-refractivity contribution in [1.82, 2.24) is 20.0 Å². The number of nitrogens with zero attached hydrogens (tertiary/aromatic N) is 4. The van der Waals surface area contributed by atoms with E-state index in [1.54, 1.807) is 0 Å². The predicted molar refractivity (Wildman–Crippen MR) is 107 cm³/mol. The van der Waals surface area contributed by atoms with Crippen LogP contribution in [0.5, 0.6) is 0 Å². The first-order valence-electron chi connectivity index (χ1n) is 8.88. The SMILES string of the molecule is Cc1oc(-c2ccccc2Cl)nc1CN(C)Cc1nc(-c2ccccc2)no1. The Kier molecular flexibility index (Phi) is 5.23. The number of aryl methyl sites for hydroxylation is 1. The summed E-state index contributed by atoms with van der Waals surface area (Å²) in [5.74, 6) is 2.42. The number of hydrogen-bond acceptors (Lipinski definition) is 6. The van der Waals surface area contributed by atoms with E-state index in [1.807, 2.05) is 73.5 Å². The second kappa shape index (κ2) is 7.96. The summed E-state index contributed by atoms with van der Waals surface area (Å²) in [6.07, 6.45) is 0. The molecule has 0 aliphatic rings. The summed E-state index contributed by atoms with van der Waals surface area (Å²) >= 11 is 6.25. The van der Waals surface area contributed by atoms with Crippen LogP contribution >= 0.6 is 11.6 Å². The Hall–Kier alpha value is -2.96. The largest absolute Gasteiger partial charge is 0.441 e. The standard InChI is InChI=1S/C21H19ClN4O2/c1-14-18(23-21(27-14)16-10-6-7-11-17(16)22)12-26(2)13-19-24-20(25-28-19)15-8-4-3-5-9-15/h3-11H,12-13H2,1-2H3. The van der Waals surface area contributed by atoms with Gasteiger partial charge in [-0.05, 0) is 26.1 Å². The Bertz CT molecular complexity index is 1070. The number of rotatable bonds is 6. The predicted octanol–water partition coefficient (Wildman–Crippen LogP) is 4.99. The summed E-state index contributed by atoms with van der Waals surface area (Å²) in [6.45, 7) is 2.99. The molecule has 0 aliphatic heterocycles. The summed E-state index contributed by atoms with van der Waals surface area (Å²) in [7, 11) is 1.97. The van der Waals surface area contributed by atoms with Gasteiger partial charge in [0.05, 0.1) is 22.8 Å². The molecule has 142 valence electrons. The Morgan fingerprint density at radius 3 is 2.50 bits per heavy atom. The molecule has 6 nitrogen and oxygen atoms in total. The minimum absolute atomic E-state index is 0.508. The lowest BCUT2D eigenvalue weighted by atomic mass is 10.2. The van der Waals surface area contributed by atoms with Gasteiger partial charge in [0.15, 0.2) is 0 Å². The lowest BCUT2D eigenvalue weighted by Gasteiger charge is -2.12. The number of benzene rings is 2. The molecule has 0 fully saturated rings. The number of hydrogen-bond donors (Lipinski definition) is 0. The molecular weight excluding hydrogens is 376 g/mol. The van der Waals surface area contributed by atoms with Crippen LogP contribution in [0.1, 0.15) is 17.3 Å². The van der Waals surface area contributed by atoms with Gasteiger partial charge in [-0.3, -0.25) is 4.90 Å². The Morgan fingerprint density at radius 2 is 1.71 bits per heavy atom. The van der Waals surface area contributed by atoms with E-state index in [1.165, 1.54) is 0 Å². The van der Waals surface area contributed by atoms with Crippen molar-refractivity contribution >= 4 is 11.6 Å². The van der Waals surface area contributed by atoms with Gasteiger partial charge in [0.1, 0.15) is 5.76 Å². The summed E-state index contributed by atoms with van der Waals surface area (Å²) in [6, 6.07) is 17.3. The van der Waals surface area contributed by atoms with Crippen molar-refractivity contribution in [3.63, 3.8) is 0 Å². The number of oxazole rings is 1. The third kappa shape index (κ3) is 3.98. The van der Waals surface area contributed by atoms with Crippen molar-refractivity contribution in [2.24, 2.45) is 0 Å². The normalized spacial score (nSPS) is 11.3. The topological polar surface area (TPSA) is 68.2 Å². The van der Waals surface area contributed by atoms with Gasteiger partial charge >= 0.3 is 0 Å². The molecule has 0 saturated carbocycles. The fraction of sp³-hybridized carbons (Fsp3) is 0.190. The molecule has 0 unspecified atom stereocenters. The molecule has 0 aliphatic carbocycles. The van der Waals surface area contributed by atoms with Crippen LogP contribution in [0, 0.1) is 6.92 Å². The zero-order valence-electron chi connectivity index (χ0n) is 15.6. The van der Waals surface area contributed by atoms with Gasteiger partial charge in [-0.2, -0.15) is 4.98 Å².